The molecule has 2 N–H and O–H groups in total. The van der Waals surface area contributed by atoms with Crippen molar-refractivity contribution in [2.45, 2.75) is 20.0 Å². The van der Waals surface area contributed by atoms with Crippen molar-refractivity contribution in [1.29, 1.82) is 0 Å². The molecule has 2 heterocycles. The van der Waals surface area contributed by atoms with E-state index in [1.165, 1.54) is 19.3 Å². The molecule has 146 valence electrons. The summed E-state index contributed by atoms with van der Waals surface area (Å²) in [6.45, 7) is -1.00. The fourth-order valence-electron chi connectivity index (χ4n) is 2.68. The maximum Gasteiger partial charge on any atom is 0.333 e. The fraction of sp³-hybridized carbons (Fsp3) is 0.211. The van der Waals surface area contributed by atoms with E-state index in [9.17, 15) is 18.4 Å². The van der Waals surface area contributed by atoms with E-state index < -0.39 is 6.55 Å². The summed E-state index contributed by atoms with van der Waals surface area (Å²) in [6, 6.07) is 9.73. The molecule has 0 radical (unpaired) electrons. The van der Waals surface area contributed by atoms with E-state index in [4.69, 9.17) is 4.42 Å². The van der Waals surface area contributed by atoms with Gasteiger partial charge in [-0.2, -0.15) is 13.9 Å². The first kappa shape index (κ1) is 19.3. The van der Waals surface area contributed by atoms with Crippen LogP contribution in [0.25, 0.3) is 11.1 Å². The van der Waals surface area contributed by atoms with E-state index >= 15 is 0 Å². The van der Waals surface area contributed by atoms with Crippen LogP contribution >= 0.6 is 0 Å². The minimum absolute atomic E-state index is 0.0996. The van der Waals surface area contributed by atoms with E-state index in [-0.39, 0.29) is 24.1 Å². The van der Waals surface area contributed by atoms with Crippen LogP contribution < -0.4 is 10.6 Å². The number of hydrogen-bond acceptors (Lipinski definition) is 4. The van der Waals surface area contributed by atoms with Crippen LogP contribution in [-0.2, 0) is 6.54 Å². The average molecular weight is 388 g/mol. The highest BCUT2D eigenvalue weighted by Crippen LogP contribution is 2.25. The SMILES string of the molecule is CNC(=O)c1ccc(CNC(=O)c2cccc(-c3cn(C(F)F)nc3C)c2)o1. The van der Waals surface area contributed by atoms with Crippen LogP contribution in [0.15, 0.2) is 47.0 Å². The fourth-order valence-corrected chi connectivity index (χ4v) is 2.68. The molecule has 2 amide bonds. The lowest BCUT2D eigenvalue weighted by molar-refractivity contribution is 0.0563. The Hall–Kier alpha value is -3.49. The first-order valence-corrected chi connectivity index (χ1v) is 8.42. The Morgan fingerprint density at radius 1 is 1.21 bits per heavy atom. The number of aryl methyl sites for hydroxylation is 1. The van der Waals surface area contributed by atoms with Crippen molar-refractivity contribution in [1.82, 2.24) is 20.4 Å². The predicted octanol–water partition coefficient (Wildman–Crippen LogP) is 3.14. The number of furan rings is 1. The minimum atomic E-state index is -2.73. The van der Waals surface area contributed by atoms with Crippen molar-refractivity contribution in [2.75, 3.05) is 7.05 Å². The van der Waals surface area contributed by atoms with Crippen LogP contribution in [0.4, 0.5) is 8.78 Å². The molecule has 0 spiro atoms. The molecule has 0 atom stereocenters. The highest BCUT2D eigenvalue weighted by molar-refractivity contribution is 5.95. The standard InChI is InChI=1S/C19H18F2N4O3/c1-11-15(10-25(24-11)19(20)21)12-4-3-5-13(8-12)17(26)23-9-14-6-7-16(28-14)18(27)22-2/h3-8,10,19H,9H2,1-2H3,(H,22,27)(H,23,26). The van der Waals surface area contributed by atoms with Crippen molar-refractivity contribution >= 4 is 11.8 Å². The second-order valence-corrected chi connectivity index (χ2v) is 5.99. The smallest absolute Gasteiger partial charge is 0.333 e. The molecule has 0 saturated heterocycles. The number of carbonyl (C=O) groups excluding carboxylic acids is 2. The first-order chi connectivity index (χ1) is 13.4. The predicted molar refractivity (Wildman–Crippen MR) is 96.9 cm³/mol. The Morgan fingerprint density at radius 2 is 2.00 bits per heavy atom. The number of hydrogen-bond donors (Lipinski definition) is 2. The third-order valence-corrected chi connectivity index (χ3v) is 4.09. The molecule has 9 heteroatoms. The Labute approximate surface area is 159 Å². The molecular formula is C19H18F2N4O3. The van der Waals surface area contributed by atoms with E-state index in [0.717, 1.165) is 0 Å². The summed E-state index contributed by atoms with van der Waals surface area (Å²) in [4.78, 5) is 23.9. The molecular weight excluding hydrogens is 370 g/mol. The lowest BCUT2D eigenvalue weighted by Crippen LogP contribution is -2.22. The van der Waals surface area contributed by atoms with E-state index in [1.807, 2.05) is 0 Å². The molecule has 2 aromatic heterocycles. The molecule has 0 unspecified atom stereocenters. The van der Waals surface area contributed by atoms with Crippen molar-refractivity contribution in [2.24, 2.45) is 0 Å². The number of carbonyl (C=O) groups is 2. The normalized spacial score (nSPS) is 10.9. The molecule has 3 aromatic rings. The van der Waals surface area contributed by atoms with Gasteiger partial charge in [-0.05, 0) is 36.8 Å². The van der Waals surface area contributed by atoms with Gasteiger partial charge in [-0.15, -0.1) is 0 Å². The van der Waals surface area contributed by atoms with Crippen LogP contribution in [-0.4, -0.2) is 28.6 Å². The Bertz CT molecular complexity index is 1010. The molecule has 0 saturated carbocycles. The molecule has 0 bridgehead atoms. The number of amides is 2. The summed E-state index contributed by atoms with van der Waals surface area (Å²) < 4.78 is 31.6. The summed E-state index contributed by atoms with van der Waals surface area (Å²) >= 11 is 0. The lowest BCUT2D eigenvalue weighted by atomic mass is 10.0. The van der Waals surface area contributed by atoms with Gasteiger partial charge in [0, 0.05) is 24.4 Å². The van der Waals surface area contributed by atoms with E-state index in [1.54, 1.807) is 37.3 Å². The minimum Gasteiger partial charge on any atom is -0.454 e. The summed E-state index contributed by atoms with van der Waals surface area (Å²) in [5.41, 5.74) is 1.93. The van der Waals surface area contributed by atoms with Gasteiger partial charge < -0.3 is 15.1 Å². The van der Waals surface area contributed by atoms with Gasteiger partial charge in [-0.1, -0.05) is 12.1 Å². The Balaban J connectivity index is 1.72. The summed E-state index contributed by atoms with van der Waals surface area (Å²) in [7, 11) is 1.49. The number of nitrogens with zero attached hydrogens (tertiary/aromatic N) is 2. The first-order valence-electron chi connectivity index (χ1n) is 8.42. The number of halogens is 2. The molecule has 0 fully saturated rings. The molecule has 0 aliphatic carbocycles. The number of rotatable bonds is 6. The summed E-state index contributed by atoms with van der Waals surface area (Å²) in [6.07, 6.45) is 1.25. The van der Waals surface area contributed by atoms with Crippen molar-refractivity contribution in [3.8, 4) is 11.1 Å². The topological polar surface area (TPSA) is 89.2 Å². The van der Waals surface area contributed by atoms with Crippen LogP contribution in [0.5, 0.6) is 0 Å². The van der Waals surface area contributed by atoms with Crippen LogP contribution in [0.2, 0.25) is 0 Å². The van der Waals surface area contributed by atoms with E-state index in [0.29, 0.717) is 32.8 Å². The molecule has 3 rings (SSSR count). The molecule has 1 aromatic carbocycles. The zero-order valence-electron chi connectivity index (χ0n) is 15.2. The van der Waals surface area contributed by atoms with Crippen LogP contribution in [0.3, 0.4) is 0 Å². The number of alkyl halides is 2. The van der Waals surface area contributed by atoms with Gasteiger partial charge in [-0.25, -0.2) is 4.68 Å². The highest BCUT2D eigenvalue weighted by Gasteiger charge is 2.15. The maximum atomic E-state index is 12.8. The Kier molecular flexibility index (Phi) is 5.53. The van der Waals surface area contributed by atoms with Gasteiger partial charge in [0.05, 0.1) is 12.2 Å². The molecule has 0 aliphatic heterocycles. The number of benzene rings is 1. The summed E-state index contributed by atoms with van der Waals surface area (Å²) in [5, 5.41) is 8.93. The van der Waals surface area contributed by atoms with Gasteiger partial charge >= 0.3 is 6.55 Å². The third-order valence-electron chi connectivity index (χ3n) is 4.09. The lowest BCUT2D eigenvalue weighted by Gasteiger charge is -2.06. The van der Waals surface area contributed by atoms with Gasteiger partial charge in [-0.3, -0.25) is 9.59 Å². The average Bonchev–Trinajstić information content (AvgIpc) is 3.32. The van der Waals surface area contributed by atoms with Gasteiger partial charge in [0.2, 0.25) is 0 Å². The van der Waals surface area contributed by atoms with E-state index in [2.05, 4.69) is 15.7 Å². The van der Waals surface area contributed by atoms with Crippen LogP contribution in [0.1, 0.15) is 38.9 Å². The second-order valence-electron chi connectivity index (χ2n) is 5.99. The second kappa shape index (κ2) is 8.03. The number of aromatic nitrogens is 2. The van der Waals surface area contributed by atoms with Gasteiger partial charge in [0.25, 0.3) is 11.8 Å². The summed E-state index contributed by atoms with van der Waals surface area (Å²) in [5.74, 6) is -0.138. The molecule has 28 heavy (non-hydrogen) atoms. The quantitative estimate of drug-likeness (QED) is 0.679. The van der Waals surface area contributed by atoms with Gasteiger partial charge in [0.1, 0.15) is 5.76 Å². The van der Waals surface area contributed by atoms with Crippen LogP contribution in [0, 0.1) is 6.92 Å². The largest absolute Gasteiger partial charge is 0.454 e. The monoisotopic (exact) mass is 388 g/mol. The molecule has 0 aliphatic rings. The molecule has 7 nitrogen and oxygen atoms in total. The third kappa shape index (κ3) is 4.08. The number of nitrogens with one attached hydrogen (secondary N) is 2. The van der Waals surface area contributed by atoms with Crippen molar-refractivity contribution < 1.29 is 22.8 Å². The maximum absolute atomic E-state index is 12.8. The van der Waals surface area contributed by atoms with Crippen molar-refractivity contribution in [3.63, 3.8) is 0 Å². The Morgan fingerprint density at radius 3 is 2.68 bits per heavy atom. The zero-order valence-corrected chi connectivity index (χ0v) is 15.2. The zero-order chi connectivity index (χ0) is 20.3. The van der Waals surface area contributed by atoms with Gasteiger partial charge in [0.15, 0.2) is 5.76 Å². The van der Waals surface area contributed by atoms with Crippen molar-refractivity contribution in [3.05, 3.63) is 65.4 Å². The highest BCUT2D eigenvalue weighted by atomic mass is 19.3.